The van der Waals surface area contributed by atoms with E-state index in [0.29, 0.717) is 5.92 Å². The standard InChI is InChI=1S/C21H25N3O/c1-15-10-11-20-17(13-15)18-14-23(2)12-6-9-19(18)24(20)21(25)22-16-7-4-3-5-8-16/h3-5,7-8,10-11,13,18-19H,6,9,12,14H2,1-2H3,(H,22,25)/t18-,19?/m1/s1. The van der Waals surface area contributed by atoms with Crippen LogP contribution in [0.4, 0.5) is 16.2 Å². The fraction of sp³-hybridized carbons (Fsp3) is 0.381. The Morgan fingerprint density at radius 3 is 2.76 bits per heavy atom. The lowest BCUT2D eigenvalue weighted by atomic mass is 9.92. The summed E-state index contributed by atoms with van der Waals surface area (Å²) in [6, 6.07) is 16.4. The normalized spacial score (nSPS) is 22.9. The molecule has 1 fully saturated rings. The van der Waals surface area contributed by atoms with Gasteiger partial charge in [-0.1, -0.05) is 35.9 Å². The SMILES string of the molecule is Cc1ccc2c(c1)[C@H]1CN(C)CCCC1N2C(=O)Nc1ccccc1. The number of rotatable bonds is 1. The van der Waals surface area contributed by atoms with Gasteiger partial charge in [-0.25, -0.2) is 4.79 Å². The maximum atomic E-state index is 13.1. The van der Waals surface area contributed by atoms with Crippen LogP contribution in [-0.4, -0.2) is 37.1 Å². The van der Waals surface area contributed by atoms with Crippen LogP contribution in [-0.2, 0) is 0 Å². The number of urea groups is 1. The zero-order valence-corrected chi connectivity index (χ0v) is 14.9. The predicted octanol–water partition coefficient (Wildman–Crippen LogP) is 4.22. The van der Waals surface area contributed by atoms with Gasteiger partial charge in [0.1, 0.15) is 0 Å². The van der Waals surface area contributed by atoms with E-state index in [9.17, 15) is 4.79 Å². The average Bonchev–Trinajstić information content (AvgIpc) is 2.75. The van der Waals surface area contributed by atoms with Crippen molar-refractivity contribution in [2.75, 3.05) is 30.4 Å². The number of likely N-dealkylation sites (tertiary alicyclic amines) is 1. The van der Waals surface area contributed by atoms with Crippen LogP contribution in [0.3, 0.4) is 0 Å². The molecule has 130 valence electrons. The molecule has 0 saturated carbocycles. The summed E-state index contributed by atoms with van der Waals surface area (Å²) in [6.07, 6.45) is 2.17. The molecular formula is C21H25N3O. The van der Waals surface area contributed by atoms with Gasteiger partial charge in [-0.15, -0.1) is 0 Å². The van der Waals surface area contributed by atoms with Crippen LogP contribution in [0.5, 0.6) is 0 Å². The van der Waals surface area contributed by atoms with Gasteiger partial charge in [0.05, 0.1) is 0 Å². The number of likely N-dealkylation sites (N-methyl/N-ethyl adjacent to an activating group) is 1. The van der Waals surface area contributed by atoms with Crippen molar-refractivity contribution in [1.82, 2.24) is 4.90 Å². The summed E-state index contributed by atoms with van der Waals surface area (Å²) in [5.41, 5.74) is 4.50. The first-order valence-electron chi connectivity index (χ1n) is 9.08. The molecule has 4 rings (SSSR count). The number of fused-ring (bicyclic) bond motifs is 3. The zero-order valence-electron chi connectivity index (χ0n) is 14.9. The smallest absolute Gasteiger partial charge is 0.308 e. The minimum Gasteiger partial charge on any atom is -0.308 e. The zero-order chi connectivity index (χ0) is 17.4. The van der Waals surface area contributed by atoms with E-state index in [1.807, 2.05) is 35.2 Å². The van der Waals surface area contributed by atoms with Crippen molar-refractivity contribution >= 4 is 17.4 Å². The molecule has 4 nitrogen and oxygen atoms in total. The maximum absolute atomic E-state index is 13.1. The molecule has 1 N–H and O–H groups in total. The van der Waals surface area contributed by atoms with Crippen LogP contribution >= 0.6 is 0 Å². The molecule has 1 unspecified atom stereocenters. The molecule has 4 heteroatoms. The number of nitrogens with zero attached hydrogens (tertiary/aromatic N) is 2. The molecule has 2 amide bonds. The Kier molecular flexibility index (Phi) is 4.22. The largest absolute Gasteiger partial charge is 0.326 e. The summed E-state index contributed by atoms with van der Waals surface area (Å²) in [6.45, 7) is 4.24. The summed E-state index contributed by atoms with van der Waals surface area (Å²) in [5, 5.41) is 3.08. The second-order valence-electron chi connectivity index (χ2n) is 7.31. The number of carbonyl (C=O) groups excluding carboxylic acids is 1. The van der Waals surface area contributed by atoms with Crippen LogP contribution in [0.1, 0.15) is 29.9 Å². The molecule has 0 radical (unpaired) electrons. The highest BCUT2D eigenvalue weighted by Crippen LogP contribution is 2.44. The number of amides is 2. The van der Waals surface area contributed by atoms with Crippen LogP contribution in [0.2, 0.25) is 0 Å². The molecule has 2 atom stereocenters. The molecule has 0 spiro atoms. The molecule has 2 aliphatic rings. The fourth-order valence-electron chi connectivity index (χ4n) is 4.27. The summed E-state index contributed by atoms with van der Waals surface area (Å²) >= 11 is 0. The van der Waals surface area contributed by atoms with Crippen molar-refractivity contribution in [3.05, 3.63) is 59.7 Å². The number of aryl methyl sites for hydroxylation is 1. The Balaban J connectivity index is 1.70. The van der Waals surface area contributed by atoms with E-state index in [0.717, 1.165) is 37.3 Å². The van der Waals surface area contributed by atoms with Crippen LogP contribution < -0.4 is 10.2 Å². The third-order valence-corrected chi connectivity index (χ3v) is 5.43. The van der Waals surface area contributed by atoms with E-state index in [-0.39, 0.29) is 12.1 Å². The maximum Gasteiger partial charge on any atom is 0.326 e. The summed E-state index contributed by atoms with van der Waals surface area (Å²) in [5.74, 6) is 0.393. The van der Waals surface area contributed by atoms with Gasteiger partial charge in [-0.3, -0.25) is 4.90 Å². The average molecular weight is 335 g/mol. The molecule has 0 bridgehead atoms. The van der Waals surface area contributed by atoms with E-state index in [1.54, 1.807) is 0 Å². The van der Waals surface area contributed by atoms with Crippen LogP contribution in [0.15, 0.2) is 48.5 Å². The van der Waals surface area contributed by atoms with Crippen molar-refractivity contribution in [3.63, 3.8) is 0 Å². The van der Waals surface area contributed by atoms with Gasteiger partial charge in [0.15, 0.2) is 0 Å². The van der Waals surface area contributed by atoms with E-state index in [1.165, 1.54) is 11.1 Å². The molecule has 2 aliphatic heterocycles. The van der Waals surface area contributed by atoms with Gasteiger partial charge in [-0.05, 0) is 57.1 Å². The topological polar surface area (TPSA) is 35.6 Å². The van der Waals surface area contributed by atoms with Crippen molar-refractivity contribution in [1.29, 1.82) is 0 Å². The minimum absolute atomic E-state index is 0.0200. The Hall–Kier alpha value is -2.33. The molecule has 2 heterocycles. The molecule has 2 aromatic carbocycles. The Bertz CT molecular complexity index is 774. The van der Waals surface area contributed by atoms with Gasteiger partial charge in [-0.2, -0.15) is 0 Å². The molecule has 25 heavy (non-hydrogen) atoms. The van der Waals surface area contributed by atoms with E-state index < -0.39 is 0 Å². The van der Waals surface area contributed by atoms with Gasteiger partial charge < -0.3 is 10.2 Å². The Labute approximate surface area is 149 Å². The third-order valence-electron chi connectivity index (χ3n) is 5.43. The van der Waals surface area contributed by atoms with E-state index in [2.05, 4.69) is 42.4 Å². The van der Waals surface area contributed by atoms with E-state index >= 15 is 0 Å². The van der Waals surface area contributed by atoms with Gasteiger partial charge in [0.25, 0.3) is 0 Å². The fourth-order valence-corrected chi connectivity index (χ4v) is 4.27. The molecule has 0 aromatic heterocycles. The minimum atomic E-state index is -0.0200. The Morgan fingerprint density at radius 1 is 1.16 bits per heavy atom. The molecule has 2 aromatic rings. The highest BCUT2D eigenvalue weighted by atomic mass is 16.2. The van der Waals surface area contributed by atoms with Gasteiger partial charge >= 0.3 is 6.03 Å². The molecular weight excluding hydrogens is 310 g/mol. The second kappa shape index (κ2) is 6.52. The first-order valence-corrected chi connectivity index (χ1v) is 9.08. The van der Waals surface area contributed by atoms with Crippen molar-refractivity contribution in [2.45, 2.75) is 31.7 Å². The highest BCUT2D eigenvalue weighted by molar-refractivity contribution is 6.04. The number of hydrogen-bond acceptors (Lipinski definition) is 2. The quantitative estimate of drug-likeness (QED) is 0.847. The number of benzene rings is 2. The lowest BCUT2D eigenvalue weighted by Gasteiger charge is -2.28. The van der Waals surface area contributed by atoms with Crippen molar-refractivity contribution in [2.24, 2.45) is 0 Å². The lowest BCUT2D eigenvalue weighted by Crippen LogP contribution is -2.42. The van der Waals surface area contributed by atoms with Crippen molar-refractivity contribution in [3.8, 4) is 0 Å². The first-order chi connectivity index (χ1) is 12.1. The van der Waals surface area contributed by atoms with Gasteiger partial charge in [0, 0.05) is 29.9 Å². The van der Waals surface area contributed by atoms with Crippen molar-refractivity contribution < 1.29 is 4.79 Å². The Morgan fingerprint density at radius 2 is 1.96 bits per heavy atom. The highest BCUT2D eigenvalue weighted by Gasteiger charge is 2.42. The number of para-hydroxylation sites is 1. The first kappa shape index (κ1) is 16.2. The number of anilines is 2. The van der Waals surface area contributed by atoms with E-state index in [4.69, 9.17) is 0 Å². The second-order valence-corrected chi connectivity index (χ2v) is 7.31. The van der Waals surface area contributed by atoms with Gasteiger partial charge in [0.2, 0.25) is 0 Å². The van der Waals surface area contributed by atoms with Crippen LogP contribution in [0, 0.1) is 6.92 Å². The number of carbonyl (C=O) groups is 1. The number of hydrogen-bond donors (Lipinski definition) is 1. The third kappa shape index (κ3) is 3.02. The molecule has 1 saturated heterocycles. The summed E-state index contributed by atoms with van der Waals surface area (Å²) in [4.78, 5) is 17.5. The van der Waals surface area contributed by atoms with Crippen LogP contribution in [0.25, 0.3) is 0 Å². The molecule has 0 aliphatic carbocycles. The predicted molar refractivity (Wildman–Crippen MR) is 102 cm³/mol. The summed E-state index contributed by atoms with van der Waals surface area (Å²) in [7, 11) is 2.19. The summed E-state index contributed by atoms with van der Waals surface area (Å²) < 4.78 is 0. The monoisotopic (exact) mass is 335 g/mol. The lowest BCUT2D eigenvalue weighted by molar-refractivity contribution is 0.254. The number of nitrogens with one attached hydrogen (secondary N) is 1.